The Morgan fingerprint density at radius 3 is 2.83 bits per heavy atom. The smallest absolute Gasteiger partial charge is 0.119 e. The molecule has 122 valence electrons. The van der Waals surface area contributed by atoms with E-state index in [0.717, 1.165) is 11.4 Å². The van der Waals surface area contributed by atoms with Crippen molar-refractivity contribution < 1.29 is 4.74 Å². The van der Waals surface area contributed by atoms with Crippen LogP contribution in [0.4, 0.5) is 0 Å². The second-order valence-corrected chi connectivity index (χ2v) is 7.16. The molecule has 0 amide bonds. The first-order chi connectivity index (χ1) is 11.2. The Balaban J connectivity index is 1.42. The largest absolute Gasteiger partial charge is 0.497 e. The summed E-state index contributed by atoms with van der Waals surface area (Å²) in [6, 6.07) is 7.88. The maximum absolute atomic E-state index is 5.42. The summed E-state index contributed by atoms with van der Waals surface area (Å²) in [5, 5.41) is 0. The number of rotatable bonds is 5. The molecule has 0 saturated carbocycles. The number of piperidine rings is 1. The SMILES string of the molecule is C=CC(=C)N1C2CC1CN(CC1CCc3ccc(OC)cc31)C2. The number of aryl methyl sites for hydroxylation is 1. The van der Waals surface area contributed by atoms with Crippen molar-refractivity contribution in [2.45, 2.75) is 37.3 Å². The number of piperazine rings is 1. The molecule has 3 fully saturated rings. The third kappa shape index (κ3) is 2.47. The van der Waals surface area contributed by atoms with E-state index in [1.54, 1.807) is 7.11 Å². The van der Waals surface area contributed by atoms with Crippen LogP contribution in [0.1, 0.15) is 29.9 Å². The van der Waals surface area contributed by atoms with Crippen LogP contribution in [-0.2, 0) is 6.42 Å². The van der Waals surface area contributed by atoms with Crippen molar-refractivity contribution in [3.8, 4) is 5.75 Å². The third-order valence-electron chi connectivity index (χ3n) is 5.87. The Morgan fingerprint density at radius 1 is 1.35 bits per heavy atom. The van der Waals surface area contributed by atoms with Crippen molar-refractivity contribution in [3.63, 3.8) is 0 Å². The maximum atomic E-state index is 5.42. The van der Waals surface area contributed by atoms with Crippen LogP contribution in [0, 0.1) is 0 Å². The molecule has 3 heteroatoms. The van der Waals surface area contributed by atoms with E-state index in [1.165, 1.54) is 50.0 Å². The second-order valence-electron chi connectivity index (χ2n) is 7.16. The highest BCUT2D eigenvalue weighted by atomic mass is 16.5. The first kappa shape index (κ1) is 14.8. The first-order valence-corrected chi connectivity index (χ1v) is 8.68. The highest BCUT2D eigenvalue weighted by Crippen LogP contribution is 2.39. The number of methoxy groups -OCH3 is 1. The van der Waals surface area contributed by atoms with Crippen LogP contribution in [0.2, 0.25) is 0 Å². The molecule has 1 aromatic rings. The van der Waals surface area contributed by atoms with Gasteiger partial charge >= 0.3 is 0 Å². The quantitative estimate of drug-likeness (QED) is 0.777. The van der Waals surface area contributed by atoms with Gasteiger partial charge in [0.15, 0.2) is 0 Å². The summed E-state index contributed by atoms with van der Waals surface area (Å²) in [5.74, 6) is 1.65. The molecule has 5 rings (SSSR count). The Bertz CT molecular complexity index is 627. The summed E-state index contributed by atoms with van der Waals surface area (Å²) in [6.07, 6.45) is 5.70. The van der Waals surface area contributed by atoms with E-state index in [-0.39, 0.29) is 0 Å². The van der Waals surface area contributed by atoms with Crippen molar-refractivity contribution in [1.82, 2.24) is 9.80 Å². The number of hydrogen-bond donors (Lipinski definition) is 0. The minimum absolute atomic E-state index is 0.644. The monoisotopic (exact) mass is 310 g/mol. The van der Waals surface area contributed by atoms with Crippen molar-refractivity contribution in [1.29, 1.82) is 0 Å². The van der Waals surface area contributed by atoms with E-state index >= 15 is 0 Å². The lowest BCUT2D eigenvalue weighted by Crippen LogP contribution is -2.67. The van der Waals surface area contributed by atoms with E-state index in [2.05, 4.69) is 41.2 Å². The topological polar surface area (TPSA) is 15.7 Å². The molecular formula is C20H26N2O. The van der Waals surface area contributed by atoms with E-state index in [4.69, 9.17) is 4.74 Å². The zero-order chi connectivity index (χ0) is 16.0. The van der Waals surface area contributed by atoms with Gasteiger partial charge < -0.3 is 9.64 Å². The lowest BCUT2D eigenvalue weighted by molar-refractivity contribution is -0.0425. The molecule has 0 radical (unpaired) electrons. The van der Waals surface area contributed by atoms with Crippen molar-refractivity contribution in [3.05, 3.63) is 54.3 Å². The number of benzene rings is 1. The maximum Gasteiger partial charge on any atom is 0.119 e. The van der Waals surface area contributed by atoms with Gasteiger partial charge in [0.1, 0.15) is 5.75 Å². The zero-order valence-electron chi connectivity index (χ0n) is 14.0. The van der Waals surface area contributed by atoms with Crippen LogP contribution in [0.5, 0.6) is 5.75 Å². The molecule has 3 heterocycles. The first-order valence-electron chi connectivity index (χ1n) is 8.68. The van der Waals surface area contributed by atoms with Crippen LogP contribution in [0.25, 0.3) is 0 Å². The molecule has 0 N–H and O–H groups in total. The molecule has 23 heavy (non-hydrogen) atoms. The van der Waals surface area contributed by atoms with Crippen LogP contribution in [0.15, 0.2) is 43.1 Å². The van der Waals surface area contributed by atoms with Gasteiger partial charge in [-0.25, -0.2) is 0 Å². The Morgan fingerprint density at radius 2 is 2.13 bits per heavy atom. The van der Waals surface area contributed by atoms with Crippen molar-refractivity contribution >= 4 is 0 Å². The summed E-state index contributed by atoms with van der Waals surface area (Å²) in [5.41, 5.74) is 4.12. The summed E-state index contributed by atoms with van der Waals surface area (Å²) in [7, 11) is 1.75. The lowest BCUT2D eigenvalue weighted by atomic mass is 9.86. The van der Waals surface area contributed by atoms with Gasteiger partial charge in [-0.05, 0) is 54.5 Å². The van der Waals surface area contributed by atoms with Gasteiger partial charge in [0.2, 0.25) is 0 Å². The van der Waals surface area contributed by atoms with Crippen LogP contribution in [-0.4, -0.2) is 48.6 Å². The molecule has 3 saturated heterocycles. The standard InChI is InChI=1S/C20H26N2O/c1-4-14(2)22-17-9-18(22)13-21(12-17)11-16-6-5-15-7-8-19(23-3)10-20(15)16/h4,7-8,10,16-18H,1-2,5-6,9,11-13H2,3H3. The Labute approximate surface area is 139 Å². The van der Waals surface area contributed by atoms with Gasteiger partial charge in [-0.3, -0.25) is 4.90 Å². The highest BCUT2D eigenvalue weighted by molar-refractivity contribution is 5.41. The molecule has 3 nitrogen and oxygen atoms in total. The fourth-order valence-corrected chi connectivity index (χ4v) is 4.71. The fourth-order valence-electron chi connectivity index (χ4n) is 4.71. The Kier molecular flexibility index (Phi) is 3.68. The fraction of sp³-hybridized carbons (Fsp3) is 0.500. The summed E-state index contributed by atoms with van der Waals surface area (Å²) in [6.45, 7) is 11.5. The van der Waals surface area contributed by atoms with Crippen LogP contribution in [0.3, 0.4) is 0 Å². The summed E-state index contributed by atoms with van der Waals surface area (Å²) >= 11 is 0. The second kappa shape index (κ2) is 5.72. The molecule has 1 aliphatic carbocycles. The highest BCUT2D eigenvalue weighted by Gasteiger charge is 2.45. The summed E-state index contributed by atoms with van der Waals surface area (Å²) in [4.78, 5) is 5.13. The average molecular weight is 310 g/mol. The Hall–Kier alpha value is -1.74. The molecule has 3 atom stereocenters. The molecule has 0 spiro atoms. The van der Waals surface area contributed by atoms with Gasteiger partial charge in [-0.2, -0.15) is 0 Å². The van der Waals surface area contributed by atoms with E-state index in [0.29, 0.717) is 18.0 Å². The molecule has 3 unspecified atom stereocenters. The summed E-state index contributed by atoms with van der Waals surface area (Å²) < 4.78 is 5.42. The number of allylic oxidation sites excluding steroid dienone is 1. The number of ether oxygens (including phenoxy) is 1. The van der Waals surface area contributed by atoms with Crippen molar-refractivity contribution in [2.24, 2.45) is 0 Å². The molecule has 1 aromatic carbocycles. The lowest BCUT2D eigenvalue weighted by Gasteiger charge is -2.58. The van der Waals surface area contributed by atoms with Crippen LogP contribution >= 0.6 is 0 Å². The zero-order valence-corrected chi connectivity index (χ0v) is 14.0. The predicted molar refractivity (Wildman–Crippen MR) is 93.9 cm³/mol. The van der Waals surface area contributed by atoms with Gasteiger partial charge in [0.25, 0.3) is 0 Å². The van der Waals surface area contributed by atoms with Crippen molar-refractivity contribution in [2.75, 3.05) is 26.7 Å². The normalized spacial score (nSPS) is 28.9. The average Bonchev–Trinajstić information content (AvgIpc) is 2.96. The molecule has 0 aromatic heterocycles. The molecule has 2 bridgehead atoms. The van der Waals surface area contributed by atoms with E-state index < -0.39 is 0 Å². The van der Waals surface area contributed by atoms with Crippen LogP contribution < -0.4 is 4.74 Å². The van der Waals surface area contributed by atoms with Gasteiger partial charge in [0, 0.05) is 37.4 Å². The minimum Gasteiger partial charge on any atom is -0.497 e. The number of fused-ring (bicyclic) bond motifs is 3. The predicted octanol–water partition coefficient (Wildman–Crippen LogP) is 3.18. The molecule has 3 aliphatic heterocycles. The van der Waals surface area contributed by atoms with Gasteiger partial charge in [0.05, 0.1) is 7.11 Å². The number of nitrogens with zero attached hydrogens (tertiary/aromatic N) is 2. The third-order valence-corrected chi connectivity index (χ3v) is 5.87. The minimum atomic E-state index is 0.644. The van der Waals surface area contributed by atoms with E-state index in [9.17, 15) is 0 Å². The van der Waals surface area contributed by atoms with Gasteiger partial charge in [-0.1, -0.05) is 19.2 Å². The van der Waals surface area contributed by atoms with Gasteiger partial charge in [-0.15, -0.1) is 0 Å². The number of hydrogen-bond acceptors (Lipinski definition) is 3. The molecular weight excluding hydrogens is 284 g/mol. The van der Waals surface area contributed by atoms with E-state index in [1.807, 2.05) is 6.08 Å². The molecule has 4 aliphatic rings.